The molecule has 1 atom stereocenters. The van der Waals surface area contributed by atoms with Crippen molar-refractivity contribution in [3.05, 3.63) is 114 Å². The van der Waals surface area contributed by atoms with Crippen LogP contribution in [0, 0.1) is 5.82 Å². The van der Waals surface area contributed by atoms with Crippen molar-refractivity contribution >= 4 is 32.5 Å². The molecule has 0 saturated carbocycles. The standard InChI is InChI=1S/C32H27F4N3O3S/c1-3-43(41,42)27-15-4-21(5-16-27)18-30(40)37-26-13-8-23(9-14-26)31-38-28-17-10-24(32(34,35)36)19-29(28)39(31)20(2)22-6-11-25(33)12-7-22/h4-17,19-20H,3,18H2,1-2H3,(H,37,40). The van der Waals surface area contributed by atoms with Gasteiger partial charge in [0.05, 0.1) is 39.7 Å². The van der Waals surface area contributed by atoms with E-state index in [1.54, 1.807) is 66.9 Å². The van der Waals surface area contributed by atoms with Crippen LogP contribution in [0.3, 0.4) is 0 Å². The molecular weight excluding hydrogens is 582 g/mol. The number of carbonyl (C=O) groups excluding carboxylic acids is 1. The van der Waals surface area contributed by atoms with Crippen LogP contribution < -0.4 is 5.32 Å². The Morgan fingerprint density at radius 1 is 0.930 bits per heavy atom. The predicted octanol–water partition coefficient (Wildman–Crippen LogP) is 7.45. The van der Waals surface area contributed by atoms with Gasteiger partial charge in [-0.05, 0) is 84.8 Å². The quantitative estimate of drug-likeness (QED) is 0.185. The molecule has 11 heteroatoms. The molecule has 1 aromatic heterocycles. The topological polar surface area (TPSA) is 81.1 Å². The van der Waals surface area contributed by atoms with Crippen LogP contribution in [0.5, 0.6) is 0 Å². The van der Waals surface area contributed by atoms with Gasteiger partial charge in [-0.25, -0.2) is 17.8 Å². The summed E-state index contributed by atoms with van der Waals surface area (Å²) < 4.78 is 80.1. The molecule has 5 rings (SSSR count). The Morgan fingerprint density at radius 2 is 1.58 bits per heavy atom. The van der Waals surface area contributed by atoms with Crippen molar-refractivity contribution in [3.8, 4) is 11.4 Å². The summed E-state index contributed by atoms with van der Waals surface area (Å²) >= 11 is 0. The second-order valence-corrected chi connectivity index (χ2v) is 12.4. The lowest BCUT2D eigenvalue weighted by atomic mass is 10.1. The van der Waals surface area contributed by atoms with E-state index >= 15 is 0 Å². The molecule has 0 saturated heterocycles. The van der Waals surface area contributed by atoms with Crippen LogP contribution in [-0.4, -0.2) is 29.6 Å². The molecule has 6 nitrogen and oxygen atoms in total. The molecule has 1 amide bonds. The number of amides is 1. The van der Waals surface area contributed by atoms with Crippen molar-refractivity contribution in [1.82, 2.24) is 9.55 Å². The second-order valence-electron chi connectivity index (χ2n) is 10.1. The number of nitrogens with one attached hydrogen (secondary N) is 1. The lowest BCUT2D eigenvalue weighted by Gasteiger charge is -2.19. The van der Waals surface area contributed by atoms with E-state index in [2.05, 4.69) is 10.3 Å². The lowest BCUT2D eigenvalue weighted by Crippen LogP contribution is -2.14. The molecule has 0 spiro atoms. The summed E-state index contributed by atoms with van der Waals surface area (Å²) in [6.45, 7) is 3.37. The SMILES string of the molecule is CCS(=O)(=O)c1ccc(CC(=O)Nc2ccc(-c3nc4ccc(C(F)(F)F)cc4n3C(C)c3ccc(F)cc3)cc2)cc1. The van der Waals surface area contributed by atoms with E-state index < -0.39 is 33.4 Å². The number of benzene rings is 4. The highest BCUT2D eigenvalue weighted by Gasteiger charge is 2.31. The fourth-order valence-electron chi connectivity index (χ4n) is 4.83. The first kappa shape index (κ1) is 30.0. The Kier molecular flexibility index (Phi) is 8.11. The van der Waals surface area contributed by atoms with E-state index in [4.69, 9.17) is 0 Å². The van der Waals surface area contributed by atoms with Gasteiger partial charge in [0.25, 0.3) is 0 Å². The maximum atomic E-state index is 13.6. The molecule has 0 aliphatic heterocycles. The van der Waals surface area contributed by atoms with Gasteiger partial charge in [0.2, 0.25) is 5.91 Å². The monoisotopic (exact) mass is 609 g/mol. The Balaban J connectivity index is 1.42. The summed E-state index contributed by atoms with van der Waals surface area (Å²) in [5.74, 6) is -0.342. The van der Waals surface area contributed by atoms with E-state index in [1.807, 2.05) is 0 Å². The number of sulfone groups is 1. The number of hydrogen-bond acceptors (Lipinski definition) is 4. The zero-order chi connectivity index (χ0) is 30.9. The van der Waals surface area contributed by atoms with Crippen LogP contribution in [0.4, 0.5) is 23.2 Å². The number of hydrogen-bond donors (Lipinski definition) is 1. The number of halogens is 4. The van der Waals surface area contributed by atoms with E-state index in [1.165, 1.54) is 30.3 Å². The molecule has 0 aliphatic carbocycles. The van der Waals surface area contributed by atoms with Gasteiger partial charge in [-0.3, -0.25) is 4.79 Å². The smallest absolute Gasteiger partial charge is 0.326 e. The zero-order valence-electron chi connectivity index (χ0n) is 23.2. The largest absolute Gasteiger partial charge is 0.416 e. The first-order chi connectivity index (χ1) is 20.4. The molecule has 0 aliphatic rings. The summed E-state index contributed by atoms with van der Waals surface area (Å²) in [5, 5.41) is 2.80. The minimum absolute atomic E-state index is 0.0150. The molecule has 1 heterocycles. The van der Waals surface area contributed by atoms with Gasteiger partial charge < -0.3 is 9.88 Å². The van der Waals surface area contributed by atoms with Crippen LogP contribution in [0.25, 0.3) is 22.4 Å². The highest BCUT2D eigenvalue weighted by atomic mass is 32.2. The van der Waals surface area contributed by atoms with Crippen LogP contribution in [-0.2, 0) is 27.2 Å². The molecular formula is C32H27F4N3O3S. The fourth-order valence-corrected chi connectivity index (χ4v) is 5.71. The highest BCUT2D eigenvalue weighted by molar-refractivity contribution is 7.91. The summed E-state index contributed by atoms with van der Waals surface area (Å²) in [6.07, 6.45) is -4.52. The van der Waals surface area contributed by atoms with E-state index in [0.717, 1.165) is 12.1 Å². The maximum Gasteiger partial charge on any atom is 0.416 e. The van der Waals surface area contributed by atoms with Crippen LogP contribution in [0.1, 0.15) is 36.6 Å². The second kappa shape index (κ2) is 11.6. The molecule has 1 unspecified atom stereocenters. The van der Waals surface area contributed by atoms with Crippen molar-refractivity contribution in [2.24, 2.45) is 0 Å². The summed E-state index contributed by atoms with van der Waals surface area (Å²) in [4.78, 5) is 17.5. The highest BCUT2D eigenvalue weighted by Crippen LogP contribution is 2.36. The molecule has 5 aromatic rings. The minimum Gasteiger partial charge on any atom is -0.326 e. The predicted molar refractivity (Wildman–Crippen MR) is 157 cm³/mol. The number of aromatic nitrogens is 2. The van der Waals surface area contributed by atoms with Gasteiger partial charge in [-0.15, -0.1) is 0 Å². The Labute approximate surface area is 245 Å². The Bertz CT molecular complexity index is 1880. The van der Waals surface area contributed by atoms with Crippen molar-refractivity contribution in [3.63, 3.8) is 0 Å². The maximum absolute atomic E-state index is 13.6. The number of anilines is 1. The molecule has 0 bridgehead atoms. The van der Waals surface area contributed by atoms with Crippen molar-refractivity contribution in [1.29, 1.82) is 0 Å². The average molecular weight is 610 g/mol. The van der Waals surface area contributed by atoms with Crippen molar-refractivity contribution < 1.29 is 30.8 Å². The number of rotatable bonds is 8. The molecule has 222 valence electrons. The molecule has 0 fully saturated rings. The average Bonchev–Trinajstić information content (AvgIpc) is 3.36. The van der Waals surface area contributed by atoms with Gasteiger partial charge in [0, 0.05) is 11.3 Å². The molecule has 0 radical (unpaired) electrons. The fraction of sp³-hybridized carbons (Fsp3) is 0.188. The Hall–Kier alpha value is -4.51. The van der Waals surface area contributed by atoms with Gasteiger partial charge in [-0.1, -0.05) is 31.2 Å². The number of imidazole rings is 1. The molecule has 4 aromatic carbocycles. The number of carbonyl (C=O) groups is 1. The number of fused-ring (bicyclic) bond motifs is 1. The first-order valence-electron chi connectivity index (χ1n) is 13.4. The van der Waals surface area contributed by atoms with Crippen LogP contribution in [0.15, 0.2) is 95.9 Å². The number of alkyl halides is 3. The summed E-state index contributed by atoms with van der Waals surface area (Å²) in [6, 6.07) is 21.5. The third-order valence-electron chi connectivity index (χ3n) is 7.21. The number of nitrogens with zero attached hydrogens (tertiary/aromatic N) is 2. The van der Waals surface area contributed by atoms with Crippen molar-refractivity contribution in [2.75, 3.05) is 11.1 Å². The first-order valence-corrected chi connectivity index (χ1v) is 15.1. The summed E-state index contributed by atoms with van der Waals surface area (Å²) in [5.41, 5.74) is 2.26. The molecule has 43 heavy (non-hydrogen) atoms. The third kappa shape index (κ3) is 6.46. The van der Waals surface area contributed by atoms with Crippen LogP contribution >= 0.6 is 0 Å². The molecule has 1 N–H and O–H groups in total. The Morgan fingerprint density at radius 3 is 2.19 bits per heavy atom. The van der Waals surface area contributed by atoms with Gasteiger partial charge in [0.1, 0.15) is 11.6 Å². The summed E-state index contributed by atoms with van der Waals surface area (Å²) in [7, 11) is -3.34. The lowest BCUT2D eigenvalue weighted by molar-refractivity contribution is -0.137. The van der Waals surface area contributed by atoms with E-state index in [9.17, 15) is 30.8 Å². The minimum atomic E-state index is -4.54. The van der Waals surface area contributed by atoms with Gasteiger partial charge in [-0.2, -0.15) is 13.2 Å². The van der Waals surface area contributed by atoms with Gasteiger partial charge in [0.15, 0.2) is 9.84 Å². The van der Waals surface area contributed by atoms with Crippen molar-refractivity contribution in [2.45, 2.75) is 37.4 Å². The van der Waals surface area contributed by atoms with Gasteiger partial charge >= 0.3 is 6.18 Å². The normalized spacial score (nSPS) is 12.8. The van der Waals surface area contributed by atoms with E-state index in [-0.39, 0.29) is 28.5 Å². The van der Waals surface area contributed by atoms with Crippen LogP contribution in [0.2, 0.25) is 0 Å². The van der Waals surface area contributed by atoms with E-state index in [0.29, 0.717) is 33.7 Å². The third-order valence-corrected chi connectivity index (χ3v) is 8.96. The zero-order valence-corrected chi connectivity index (χ0v) is 24.0.